The second-order valence-corrected chi connectivity index (χ2v) is 14.8. The summed E-state index contributed by atoms with van der Waals surface area (Å²) in [5, 5.41) is 40.0. The molecule has 10 heteroatoms. The lowest BCUT2D eigenvalue weighted by molar-refractivity contribution is -0.305. The third-order valence-corrected chi connectivity index (χ3v) is 9.58. The summed E-state index contributed by atoms with van der Waals surface area (Å²) in [7, 11) is 0. The topological polar surface area (TPSA) is 152 Å². The van der Waals surface area contributed by atoms with Crippen LogP contribution in [0.1, 0.15) is 155 Å². The van der Waals surface area contributed by atoms with E-state index in [1.54, 1.807) is 0 Å². The van der Waals surface area contributed by atoms with Crippen molar-refractivity contribution >= 4 is 11.9 Å². The summed E-state index contributed by atoms with van der Waals surface area (Å²) in [6, 6.07) is 0. The van der Waals surface area contributed by atoms with Gasteiger partial charge in [0.2, 0.25) is 0 Å². The van der Waals surface area contributed by atoms with Crippen LogP contribution >= 0.6 is 0 Å². The van der Waals surface area contributed by atoms with Crippen molar-refractivity contribution < 1.29 is 49.0 Å². The quantitative estimate of drug-likeness (QED) is 0.0277. The van der Waals surface area contributed by atoms with Crippen molar-refractivity contribution in [3.8, 4) is 0 Å². The number of unbranched alkanes of at least 4 members (excludes halogenated alkanes) is 12. The van der Waals surface area contributed by atoms with Crippen LogP contribution in [0.5, 0.6) is 0 Å². The van der Waals surface area contributed by atoms with Gasteiger partial charge in [0.1, 0.15) is 31.0 Å². The molecular formula is C47H78O10. The molecule has 1 saturated heterocycles. The molecule has 1 rings (SSSR count). The number of rotatable bonds is 35. The molecule has 0 aromatic carbocycles. The lowest BCUT2D eigenvalue weighted by atomic mass is 9.99. The van der Waals surface area contributed by atoms with E-state index in [-0.39, 0.29) is 26.1 Å². The first-order valence-electron chi connectivity index (χ1n) is 22.0. The summed E-state index contributed by atoms with van der Waals surface area (Å²) in [6.07, 6.45) is 39.0. The molecule has 0 amide bonds. The van der Waals surface area contributed by atoms with Gasteiger partial charge in [0.15, 0.2) is 12.4 Å². The predicted molar refractivity (Wildman–Crippen MR) is 228 cm³/mol. The van der Waals surface area contributed by atoms with Gasteiger partial charge in [-0.3, -0.25) is 9.59 Å². The zero-order valence-electron chi connectivity index (χ0n) is 35.3. The van der Waals surface area contributed by atoms with Crippen molar-refractivity contribution in [2.24, 2.45) is 0 Å². The van der Waals surface area contributed by atoms with Crippen molar-refractivity contribution in [1.82, 2.24) is 0 Å². The highest BCUT2D eigenvalue weighted by Crippen LogP contribution is 2.22. The van der Waals surface area contributed by atoms with E-state index in [9.17, 15) is 30.0 Å². The van der Waals surface area contributed by atoms with E-state index >= 15 is 0 Å². The minimum absolute atomic E-state index is 0.185. The average molecular weight is 803 g/mol. The maximum absolute atomic E-state index is 12.8. The molecule has 0 spiro atoms. The number of allylic oxidation sites excluding steroid dienone is 12. The zero-order valence-corrected chi connectivity index (χ0v) is 35.3. The Morgan fingerprint density at radius 2 is 1.04 bits per heavy atom. The highest BCUT2D eigenvalue weighted by molar-refractivity contribution is 5.70. The summed E-state index contributed by atoms with van der Waals surface area (Å²) >= 11 is 0. The number of hydrogen-bond donors (Lipinski definition) is 4. The predicted octanol–water partition coefficient (Wildman–Crippen LogP) is 9.22. The molecule has 0 bridgehead atoms. The molecule has 0 saturated carbocycles. The first-order valence-corrected chi connectivity index (χ1v) is 22.0. The highest BCUT2D eigenvalue weighted by Gasteiger charge is 2.44. The minimum Gasteiger partial charge on any atom is -0.462 e. The first kappa shape index (κ1) is 52.2. The lowest BCUT2D eigenvalue weighted by Crippen LogP contribution is -2.59. The molecule has 0 aromatic rings. The Labute approximate surface area is 344 Å². The third-order valence-electron chi connectivity index (χ3n) is 9.58. The van der Waals surface area contributed by atoms with Gasteiger partial charge in [0.25, 0.3) is 0 Å². The van der Waals surface area contributed by atoms with E-state index in [1.165, 1.54) is 25.7 Å². The molecule has 10 nitrogen and oxygen atoms in total. The molecule has 1 heterocycles. The Hall–Kier alpha value is -2.86. The molecule has 0 aromatic heterocycles. The number of esters is 2. The van der Waals surface area contributed by atoms with E-state index in [4.69, 9.17) is 18.9 Å². The van der Waals surface area contributed by atoms with E-state index in [2.05, 4.69) is 86.8 Å². The van der Waals surface area contributed by atoms with Crippen LogP contribution in [0.25, 0.3) is 0 Å². The molecular weight excluding hydrogens is 725 g/mol. The van der Waals surface area contributed by atoms with Gasteiger partial charge in [-0.1, -0.05) is 132 Å². The number of ether oxygens (including phenoxy) is 4. The number of aliphatic hydroxyl groups excluding tert-OH is 4. The Morgan fingerprint density at radius 1 is 0.561 bits per heavy atom. The molecule has 0 aliphatic carbocycles. The molecule has 57 heavy (non-hydrogen) atoms. The van der Waals surface area contributed by atoms with Crippen LogP contribution < -0.4 is 0 Å². The van der Waals surface area contributed by atoms with Crippen LogP contribution in [0.4, 0.5) is 0 Å². The average Bonchev–Trinajstić information content (AvgIpc) is 3.21. The maximum atomic E-state index is 12.8. The van der Waals surface area contributed by atoms with Gasteiger partial charge in [0.05, 0.1) is 13.2 Å². The second kappa shape index (κ2) is 37.4. The molecule has 6 atom stereocenters. The van der Waals surface area contributed by atoms with Crippen LogP contribution in [0.3, 0.4) is 0 Å². The fourth-order valence-corrected chi connectivity index (χ4v) is 6.09. The SMILES string of the molecule is CC/C=C/C/C=C/C/C=C/C/C=C/C/C=C/CCCCCC(=O)O[C@H](COC(=O)CCCCCCC/C=C/CCCCCC)CO[C@@H]1O[C@H](CO)[C@H](O)C(O)C1O. The van der Waals surface area contributed by atoms with Crippen LogP contribution in [-0.4, -0.2) is 89.0 Å². The number of carbonyl (C=O) groups excluding carboxylic acids is 2. The van der Waals surface area contributed by atoms with Crippen molar-refractivity contribution in [3.63, 3.8) is 0 Å². The Bertz CT molecular complexity index is 1160. The fraction of sp³-hybridized carbons (Fsp3) is 0.702. The molecule has 1 aliphatic heterocycles. The summed E-state index contributed by atoms with van der Waals surface area (Å²) < 4.78 is 22.1. The van der Waals surface area contributed by atoms with Crippen LogP contribution in [0.15, 0.2) is 72.9 Å². The Balaban J connectivity index is 2.38. The smallest absolute Gasteiger partial charge is 0.306 e. The third kappa shape index (κ3) is 29.1. The summed E-state index contributed by atoms with van der Waals surface area (Å²) in [5.74, 6) is -0.861. The normalized spacial score (nSPS) is 21.0. The maximum Gasteiger partial charge on any atom is 0.306 e. The van der Waals surface area contributed by atoms with Crippen molar-refractivity contribution in [3.05, 3.63) is 72.9 Å². The van der Waals surface area contributed by atoms with Crippen molar-refractivity contribution in [2.75, 3.05) is 19.8 Å². The van der Waals surface area contributed by atoms with Gasteiger partial charge in [-0.05, 0) is 83.5 Å². The standard InChI is InChI=1S/C47H78O10/c1-3-5-7-9-11-13-15-17-18-19-20-21-22-24-26-28-30-32-34-36-43(50)56-40(39-55-47-46(53)45(52)44(51)41(37-48)57-47)38-54-42(49)35-33-31-29-27-25-23-16-14-12-10-8-6-4-2/h5,7,11,13-14,16-18,20-21,24,26,40-41,44-48,51-53H,3-4,6,8-10,12,15,19,22-23,25,27-39H2,1-2H3/b7-5+,13-11+,16-14+,18-17+,21-20+,26-24+/t40-,41-,44+,45?,46?,47-/m1/s1. The Morgan fingerprint density at radius 3 is 1.60 bits per heavy atom. The molecule has 0 radical (unpaired) electrons. The van der Waals surface area contributed by atoms with E-state index in [0.717, 1.165) is 89.9 Å². The molecule has 1 aliphatic rings. The zero-order chi connectivity index (χ0) is 41.6. The van der Waals surface area contributed by atoms with Crippen LogP contribution in [0, 0.1) is 0 Å². The fourth-order valence-electron chi connectivity index (χ4n) is 6.09. The van der Waals surface area contributed by atoms with Crippen LogP contribution in [0.2, 0.25) is 0 Å². The van der Waals surface area contributed by atoms with E-state index < -0.39 is 55.4 Å². The molecule has 1 fully saturated rings. The Kier molecular flexibility index (Phi) is 34.2. The lowest BCUT2D eigenvalue weighted by Gasteiger charge is -2.39. The summed E-state index contributed by atoms with van der Waals surface area (Å²) in [5.41, 5.74) is 0. The van der Waals surface area contributed by atoms with Gasteiger partial charge < -0.3 is 39.4 Å². The number of carbonyl (C=O) groups is 2. The number of aliphatic hydroxyl groups is 4. The van der Waals surface area contributed by atoms with Gasteiger partial charge in [0, 0.05) is 12.8 Å². The molecule has 4 N–H and O–H groups in total. The molecule has 326 valence electrons. The minimum atomic E-state index is -1.61. The summed E-state index contributed by atoms with van der Waals surface area (Å²) in [4.78, 5) is 25.3. The monoisotopic (exact) mass is 803 g/mol. The van der Waals surface area contributed by atoms with Gasteiger partial charge in [-0.15, -0.1) is 0 Å². The molecule has 2 unspecified atom stereocenters. The van der Waals surface area contributed by atoms with E-state index in [0.29, 0.717) is 12.8 Å². The van der Waals surface area contributed by atoms with Crippen molar-refractivity contribution in [2.45, 2.75) is 192 Å². The van der Waals surface area contributed by atoms with Gasteiger partial charge in [-0.2, -0.15) is 0 Å². The first-order chi connectivity index (χ1) is 27.8. The van der Waals surface area contributed by atoms with Crippen LogP contribution in [-0.2, 0) is 28.5 Å². The summed E-state index contributed by atoms with van der Waals surface area (Å²) in [6.45, 7) is 3.23. The number of hydrogen-bond acceptors (Lipinski definition) is 10. The van der Waals surface area contributed by atoms with Gasteiger partial charge in [-0.25, -0.2) is 0 Å². The largest absolute Gasteiger partial charge is 0.462 e. The van der Waals surface area contributed by atoms with Crippen molar-refractivity contribution in [1.29, 1.82) is 0 Å². The van der Waals surface area contributed by atoms with E-state index in [1.807, 2.05) is 0 Å². The second-order valence-electron chi connectivity index (χ2n) is 14.8. The van der Waals surface area contributed by atoms with Gasteiger partial charge >= 0.3 is 11.9 Å². The highest BCUT2D eigenvalue weighted by atomic mass is 16.7.